The van der Waals surface area contributed by atoms with E-state index in [4.69, 9.17) is 24.6 Å². The van der Waals surface area contributed by atoms with Crippen LogP contribution in [0.25, 0.3) is 0 Å². The first-order valence-corrected chi connectivity index (χ1v) is 11.9. The first-order valence-electron chi connectivity index (χ1n) is 7.97. The summed E-state index contributed by atoms with van der Waals surface area (Å²) in [7, 11) is -0.623. The van der Waals surface area contributed by atoms with Gasteiger partial charge in [-0.1, -0.05) is 21.6 Å². The van der Waals surface area contributed by atoms with Crippen LogP contribution in [-0.2, 0) is 18.3 Å². The van der Waals surface area contributed by atoms with Crippen LogP contribution in [0.4, 0.5) is 0 Å². The minimum absolute atomic E-state index is 0.0706. The van der Waals surface area contributed by atoms with Crippen LogP contribution in [-0.4, -0.2) is 85.6 Å². The summed E-state index contributed by atoms with van der Waals surface area (Å²) in [5.74, 6) is 0.930. The lowest BCUT2D eigenvalue weighted by molar-refractivity contribution is -0.0588. The lowest BCUT2D eigenvalue weighted by Gasteiger charge is -2.14. The fraction of sp³-hybridized carbons (Fsp3) is 0.750. The number of nitrogens with two attached hydrogens (primary N) is 1. The second kappa shape index (κ2) is 9.20. The Balaban J connectivity index is 1.75. The predicted octanol–water partition coefficient (Wildman–Crippen LogP) is -0.869. The highest BCUT2D eigenvalue weighted by Crippen LogP contribution is 2.51. The van der Waals surface area contributed by atoms with Crippen molar-refractivity contribution in [3.63, 3.8) is 0 Å². The third-order valence-electron chi connectivity index (χ3n) is 3.67. The Morgan fingerprint density at radius 2 is 2.00 bits per heavy atom. The molecular weight excluding hydrogens is 421 g/mol. The molecule has 27 heavy (non-hydrogen) atoms. The summed E-state index contributed by atoms with van der Waals surface area (Å²) in [6.45, 7) is -0.0828. The van der Waals surface area contributed by atoms with E-state index in [1.807, 2.05) is 0 Å². The van der Waals surface area contributed by atoms with Crippen LogP contribution < -0.4 is 5.73 Å². The van der Waals surface area contributed by atoms with Crippen LogP contribution in [0.15, 0.2) is 11.1 Å². The van der Waals surface area contributed by atoms with Gasteiger partial charge in [0.05, 0.1) is 19.8 Å². The Hall–Kier alpha value is -0.700. The molecule has 0 saturated carbocycles. The molecule has 0 aromatic carbocycles. The van der Waals surface area contributed by atoms with Gasteiger partial charge in [-0.25, -0.2) is 14.2 Å². The van der Waals surface area contributed by atoms with Gasteiger partial charge in [0.15, 0.2) is 12.1 Å². The molecule has 0 aliphatic carbocycles. The fourth-order valence-corrected chi connectivity index (χ4v) is 5.46. The zero-order valence-electron chi connectivity index (χ0n) is 14.0. The molecule has 0 radical (unpaired) electrons. The topological polar surface area (TPSA) is 175 Å². The summed E-state index contributed by atoms with van der Waals surface area (Å²) in [4.78, 5) is 3.95. The van der Waals surface area contributed by atoms with Crippen LogP contribution in [0.3, 0.4) is 0 Å². The Morgan fingerprint density at radius 3 is 2.59 bits per heavy atom. The standard InChI is InChI=1S/C12H20N5O7PS2/c13-10(16-25(21)22-1-3-26-27-4-2-23-25)11-14-6-17(15-11)12-9(20)8(19)7(5-18)24-12/h6-9,12,18-20H,1-5H2,(H2,13,16,21). The van der Waals surface area contributed by atoms with Gasteiger partial charge in [0, 0.05) is 11.5 Å². The maximum atomic E-state index is 12.7. The summed E-state index contributed by atoms with van der Waals surface area (Å²) in [6.07, 6.45) is -3.38. The van der Waals surface area contributed by atoms with Gasteiger partial charge in [-0.3, -0.25) is 9.05 Å². The van der Waals surface area contributed by atoms with E-state index in [0.29, 0.717) is 11.5 Å². The van der Waals surface area contributed by atoms with Gasteiger partial charge in [-0.05, 0) is 0 Å². The van der Waals surface area contributed by atoms with Crippen LogP contribution in [0, 0.1) is 0 Å². The van der Waals surface area contributed by atoms with E-state index < -0.39 is 38.9 Å². The molecule has 3 heterocycles. The molecule has 12 nitrogen and oxygen atoms in total. The fourth-order valence-electron chi connectivity index (χ4n) is 2.38. The quantitative estimate of drug-likeness (QED) is 0.197. The minimum Gasteiger partial charge on any atom is -0.394 e. The van der Waals surface area contributed by atoms with Crippen molar-refractivity contribution in [3.05, 3.63) is 12.2 Å². The molecule has 0 amide bonds. The van der Waals surface area contributed by atoms with Gasteiger partial charge in [0.1, 0.15) is 24.6 Å². The third-order valence-corrected chi connectivity index (χ3v) is 7.48. The molecule has 3 rings (SSSR count). The number of hydrogen-bond acceptors (Lipinski definition) is 11. The molecular formula is C12H20N5O7PS2. The minimum atomic E-state index is -3.79. The molecule has 0 bridgehead atoms. The summed E-state index contributed by atoms with van der Waals surface area (Å²) < 4.78 is 33.5. The number of aliphatic hydroxyl groups excluding tert-OH is 3. The largest absolute Gasteiger partial charge is 0.455 e. The van der Waals surface area contributed by atoms with Gasteiger partial charge in [0.25, 0.3) is 0 Å². The maximum absolute atomic E-state index is 12.7. The second-order valence-electron chi connectivity index (χ2n) is 5.54. The van der Waals surface area contributed by atoms with Gasteiger partial charge in [-0.2, -0.15) is 4.76 Å². The molecule has 15 heteroatoms. The number of hydrogen-bond donors (Lipinski definition) is 4. The van der Waals surface area contributed by atoms with Crippen LogP contribution in [0.1, 0.15) is 12.1 Å². The summed E-state index contributed by atoms with van der Waals surface area (Å²) in [5, 5.41) is 33.0. The normalized spacial score (nSPS) is 32.6. The predicted molar refractivity (Wildman–Crippen MR) is 98.2 cm³/mol. The van der Waals surface area contributed by atoms with Crippen molar-refractivity contribution in [1.82, 2.24) is 14.8 Å². The lowest BCUT2D eigenvalue weighted by Crippen LogP contribution is -2.33. The summed E-state index contributed by atoms with van der Waals surface area (Å²) in [6, 6.07) is 0. The van der Waals surface area contributed by atoms with E-state index in [9.17, 15) is 14.8 Å². The Labute approximate surface area is 162 Å². The monoisotopic (exact) mass is 441 g/mol. The molecule has 0 spiro atoms. The molecule has 1 aromatic rings. The smallest absolute Gasteiger partial charge is 0.394 e. The number of rotatable bonds is 4. The number of ether oxygens (including phenoxy) is 1. The molecule has 4 atom stereocenters. The van der Waals surface area contributed by atoms with E-state index in [1.165, 1.54) is 6.33 Å². The molecule has 4 unspecified atom stereocenters. The van der Waals surface area contributed by atoms with Crippen molar-refractivity contribution in [1.29, 1.82) is 0 Å². The molecule has 2 saturated heterocycles. The van der Waals surface area contributed by atoms with E-state index in [0.717, 1.165) is 4.68 Å². The molecule has 2 fully saturated rings. The van der Waals surface area contributed by atoms with Crippen molar-refractivity contribution in [2.45, 2.75) is 24.5 Å². The Kier molecular flexibility index (Phi) is 7.16. The molecule has 2 aliphatic rings. The zero-order chi connectivity index (χ0) is 19.4. The van der Waals surface area contributed by atoms with Gasteiger partial charge < -0.3 is 25.8 Å². The van der Waals surface area contributed by atoms with Crippen molar-refractivity contribution < 1.29 is 33.7 Å². The van der Waals surface area contributed by atoms with Gasteiger partial charge in [0.2, 0.25) is 5.82 Å². The van der Waals surface area contributed by atoms with Crippen LogP contribution in [0.5, 0.6) is 0 Å². The molecule has 2 aliphatic heterocycles. The third kappa shape index (κ3) is 5.02. The highest BCUT2D eigenvalue weighted by atomic mass is 33.1. The summed E-state index contributed by atoms with van der Waals surface area (Å²) >= 11 is 0. The van der Waals surface area contributed by atoms with Crippen molar-refractivity contribution in [3.8, 4) is 0 Å². The molecule has 5 N–H and O–H groups in total. The maximum Gasteiger partial charge on any atom is 0.455 e. The highest BCUT2D eigenvalue weighted by Gasteiger charge is 2.44. The zero-order valence-corrected chi connectivity index (χ0v) is 16.6. The number of aromatic nitrogens is 3. The Bertz CT molecular complexity index is 708. The first kappa shape index (κ1) is 21.0. The number of aliphatic hydroxyl groups is 3. The van der Waals surface area contributed by atoms with Crippen LogP contribution in [0.2, 0.25) is 0 Å². The highest BCUT2D eigenvalue weighted by molar-refractivity contribution is 8.76. The van der Waals surface area contributed by atoms with Crippen LogP contribution >= 0.6 is 29.3 Å². The first-order chi connectivity index (χ1) is 12.9. The van der Waals surface area contributed by atoms with E-state index in [1.54, 1.807) is 21.6 Å². The summed E-state index contributed by atoms with van der Waals surface area (Å²) in [5.41, 5.74) is 5.84. The van der Waals surface area contributed by atoms with Gasteiger partial charge in [-0.15, -0.1) is 5.10 Å². The average Bonchev–Trinajstić information content (AvgIpc) is 3.25. The number of nitrogens with zero attached hydrogens (tertiary/aromatic N) is 4. The average molecular weight is 441 g/mol. The van der Waals surface area contributed by atoms with Crippen molar-refractivity contribution >= 4 is 35.2 Å². The van der Waals surface area contributed by atoms with Crippen molar-refractivity contribution in [2.75, 3.05) is 31.3 Å². The molecule has 1 aromatic heterocycles. The second-order valence-corrected chi connectivity index (χ2v) is 9.90. The van der Waals surface area contributed by atoms with E-state index in [2.05, 4.69) is 14.8 Å². The molecule has 152 valence electrons. The van der Waals surface area contributed by atoms with E-state index in [-0.39, 0.29) is 24.9 Å². The number of amidine groups is 1. The van der Waals surface area contributed by atoms with Gasteiger partial charge >= 0.3 is 7.75 Å². The van der Waals surface area contributed by atoms with E-state index >= 15 is 0 Å². The van der Waals surface area contributed by atoms with Crippen molar-refractivity contribution in [2.24, 2.45) is 10.5 Å². The SMILES string of the molecule is N/C(=N\P1(=O)OCCSSCCO1)c1ncn(C2OC(CO)C(O)C2O)n1. The Morgan fingerprint density at radius 1 is 1.33 bits per heavy atom. The lowest BCUT2D eigenvalue weighted by atomic mass is 10.1.